The van der Waals surface area contributed by atoms with Crippen molar-refractivity contribution in [2.75, 3.05) is 0 Å². The van der Waals surface area contributed by atoms with Crippen LogP contribution in [0.2, 0.25) is 10.0 Å². The second-order valence-electron chi connectivity index (χ2n) is 4.33. The van der Waals surface area contributed by atoms with Crippen LogP contribution in [0.3, 0.4) is 0 Å². The molecule has 1 aromatic carbocycles. The third-order valence-electron chi connectivity index (χ3n) is 3.08. The number of tetrazole rings is 1. The number of aliphatic carboxylic acids is 1. The quantitative estimate of drug-likeness (QED) is 0.939. The molecule has 2 unspecified atom stereocenters. The van der Waals surface area contributed by atoms with Crippen molar-refractivity contribution in [3.05, 3.63) is 34.1 Å². The molecule has 0 spiro atoms. The summed E-state index contributed by atoms with van der Waals surface area (Å²) in [5, 5.41) is 21.2. The average Bonchev–Trinajstić information content (AvgIpc) is 3.03. The minimum atomic E-state index is -0.825. The highest BCUT2D eigenvalue weighted by atomic mass is 35.5. The van der Waals surface area contributed by atoms with Crippen LogP contribution < -0.4 is 0 Å². The number of carbonyl (C=O) groups is 1. The van der Waals surface area contributed by atoms with Gasteiger partial charge >= 0.3 is 5.97 Å². The Balaban J connectivity index is 1.96. The molecule has 8 heteroatoms. The Bertz CT molecular complexity index is 658. The Hall–Kier alpha value is -1.66. The zero-order valence-electron chi connectivity index (χ0n) is 9.49. The standard InChI is InChI=1S/C11H8Cl2N4O2/c12-8-2-1-5(3-9(8)13)17-10(14-15-16-17)6-4-7(6)11(18)19/h1-3,6-7H,4H2,(H,18,19). The molecule has 0 aliphatic heterocycles. The summed E-state index contributed by atoms with van der Waals surface area (Å²) < 4.78 is 1.50. The van der Waals surface area contributed by atoms with Crippen LogP contribution in [0.1, 0.15) is 18.2 Å². The maximum atomic E-state index is 10.9. The monoisotopic (exact) mass is 298 g/mol. The van der Waals surface area contributed by atoms with Crippen molar-refractivity contribution in [1.29, 1.82) is 0 Å². The molecule has 0 saturated heterocycles. The molecule has 2 atom stereocenters. The van der Waals surface area contributed by atoms with Crippen molar-refractivity contribution in [3.63, 3.8) is 0 Å². The fraction of sp³-hybridized carbons (Fsp3) is 0.273. The molecule has 98 valence electrons. The van der Waals surface area contributed by atoms with Gasteiger partial charge in [-0.3, -0.25) is 4.79 Å². The number of halogens is 2. The first-order chi connectivity index (χ1) is 9.08. The third kappa shape index (κ3) is 2.17. The molecule has 6 nitrogen and oxygen atoms in total. The first-order valence-electron chi connectivity index (χ1n) is 5.54. The van der Waals surface area contributed by atoms with Crippen LogP contribution in [0.5, 0.6) is 0 Å². The lowest BCUT2D eigenvalue weighted by atomic mass is 10.2. The molecule has 1 heterocycles. The highest BCUT2D eigenvalue weighted by molar-refractivity contribution is 6.42. The van der Waals surface area contributed by atoms with E-state index in [-0.39, 0.29) is 5.92 Å². The molecule has 1 aliphatic carbocycles. The van der Waals surface area contributed by atoms with Crippen LogP contribution in [0.25, 0.3) is 5.69 Å². The van der Waals surface area contributed by atoms with Gasteiger partial charge in [-0.2, -0.15) is 4.68 Å². The number of hydrogen-bond acceptors (Lipinski definition) is 4. The van der Waals surface area contributed by atoms with Crippen molar-refractivity contribution in [2.24, 2.45) is 5.92 Å². The van der Waals surface area contributed by atoms with Gasteiger partial charge in [0.05, 0.1) is 21.7 Å². The van der Waals surface area contributed by atoms with Crippen molar-refractivity contribution < 1.29 is 9.90 Å². The average molecular weight is 299 g/mol. The SMILES string of the molecule is O=C(O)C1CC1c1nnnn1-c1ccc(Cl)c(Cl)c1. The first-order valence-corrected chi connectivity index (χ1v) is 6.30. The summed E-state index contributed by atoms with van der Waals surface area (Å²) >= 11 is 11.8. The van der Waals surface area contributed by atoms with Gasteiger partial charge in [0.25, 0.3) is 0 Å². The first kappa shape index (κ1) is 12.4. The Morgan fingerprint density at radius 1 is 1.37 bits per heavy atom. The number of benzene rings is 1. The largest absolute Gasteiger partial charge is 0.481 e. The summed E-state index contributed by atoms with van der Waals surface area (Å²) in [6.07, 6.45) is 0.553. The number of aromatic nitrogens is 4. The molecule has 1 saturated carbocycles. The minimum Gasteiger partial charge on any atom is -0.481 e. The number of hydrogen-bond donors (Lipinski definition) is 1. The second kappa shape index (κ2) is 4.47. The van der Waals surface area contributed by atoms with Gasteiger partial charge in [-0.25, -0.2) is 0 Å². The van der Waals surface area contributed by atoms with Crippen molar-refractivity contribution in [1.82, 2.24) is 20.2 Å². The van der Waals surface area contributed by atoms with Crippen LogP contribution in [-0.2, 0) is 4.79 Å². The Labute approximate surface area is 117 Å². The fourth-order valence-corrected chi connectivity index (χ4v) is 2.27. The van der Waals surface area contributed by atoms with Gasteiger partial charge < -0.3 is 5.11 Å². The Morgan fingerprint density at radius 2 is 2.16 bits per heavy atom. The van der Waals surface area contributed by atoms with E-state index in [0.29, 0.717) is 28.0 Å². The van der Waals surface area contributed by atoms with E-state index in [9.17, 15) is 4.79 Å². The maximum absolute atomic E-state index is 10.9. The van der Waals surface area contributed by atoms with E-state index >= 15 is 0 Å². The van der Waals surface area contributed by atoms with Gasteiger partial charge in [-0.05, 0) is 35.0 Å². The fourth-order valence-electron chi connectivity index (χ4n) is 1.98. The van der Waals surface area contributed by atoms with Gasteiger partial charge in [-0.1, -0.05) is 23.2 Å². The summed E-state index contributed by atoms with van der Waals surface area (Å²) in [4.78, 5) is 10.9. The van der Waals surface area contributed by atoms with Gasteiger partial charge in [0.2, 0.25) is 0 Å². The van der Waals surface area contributed by atoms with Crippen LogP contribution in [0, 0.1) is 5.92 Å². The molecule has 0 amide bonds. The zero-order valence-corrected chi connectivity index (χ0v) is 11.0. The lowest BCUT2D eigenvalue weighted by Crippen LogP contribution is -2.05. The molecule has 3 rings (SSSR count). The lowest BCUT2D eigenvalue weighted by molar-refractivity contribution is -0.138. The van der Waals surface area contributed by atoms with E-state index in [1.165, 1.54) is 4.68 Å². The van der Waals surface area contributed by atoms with E-state index in [2.05, 4.69) is 15.5 Å². The second-order valence-corrected chi connectivity index (χ2v) is 5.15. The predicted octanol–water partition coefficient (Wildman–Crippen LogP) is 2.16. The molecule has 0 bridgehead atoms. The molecule has 2 aromatic rings. The summed E-state index contributed by atoms with van der Waals surface area (Å²) in [7, 11) is 0. The van der Waals surface area contributed by atoms with E-state index in [1.54, 1.807) is 18.2 Å². The maximum Gasteiger partial charge on any atom is 0.307 e. The molecular weight excluding hydrogens is 291 g/mol. The lowest BCUT2D eigenvalue weighted by Gasteiger charge is -2.05. The van der Waals surface area contributed by atoms with Crippen molar-refractivity contribution in [2.45, 2.75) is 12.3 Å². The Kier molecular flexibility index (Phi) is 2.91. The smallest absolute Gasteiger partial charge is 0.307 e. The number of rotatable bonds is 3. The van der Waals surface area contributed by atoms with Crippen molar-refractivity contribution in [3.8, 4) is 5.69 Å². The number of carboxylic acid groups (broad SMARTS) is 1. The van der Waals surface area contributed by atoms with Gasteiger partial charge in [0.15, 0.2) is 5.82 Å². The van der Waals surface area contributed by atoms with Gasteiger partial charge in [0, 0.05) is 5.92 Å². The molecule has 1 aliphatic rings. The normalized spacial score (nSPS) is 21.4. The molecule has 1 aromatic heterocycles. The highest BCUT2D eigenvalue weighted by Crippen LogP contribution is 2.46. The van der Waals surface area contributed by atoms with Gasteiger partial charge in [-0.15, -0.1) is 5.10 Å². The molecule has 0 radical (unpaired) electrons. The number of carboxylic acids is 1. The van der Waals surface area contributed by atoms with Crippen LogP contribution >= 0.6 is 23.2 Å². The molecule has 1 N–H and O–H groups in total. The van der Waals surface area contributed by atoms with E-state index in [1.807, 2.05) is 0 Å². The van der Waals surface area contributed by atoms with E-state index in [0.717, 1.165) is 0 Å². The summed E-state index contributed by atoms with van der Waals surface area (Å²) in [5.74, 6) is -0.853. The van der Waals surface area contributed by atoms with Crippen LogP contribution in [0.4, 0.5) is 0 Å². The predicted molar refractivity (Wildman–Crippen MR) is 67.7 cm³/mol. The summed E-state index contributed by atoms with van der Waals surface area (Å²) in [5.41, 5.74) is 0.658. The van der Waals surface area contributed by atoms with E-state index < -0.39 is 11.9 Å². The topological polar surface area (TPSA) is 80.9 Å². The summed E-state index contributed by atoms with van der Waals surface area (Å²) in [6.45, 7) is 0. The minimum absolute atomic E-state index is 0.151. The van der Waals surface area contributed by atoms with Crippen LogP contribution in [-0.4, -0.2) is 31.3 Å². The van der Waals surface area contributed by atoms with Crippen LogP contribution in [0.15, 0.2) is 18.2 Å². The molecular formula is C11H8Cl2N4O2. The third-order valence-corrected chi connectivity index (χ3v) is 3.82. The molecule has 19 heavy (non-hydrogen) atoms. The van der Waals surface area contributed by atoms with Crippen molar-refractivity contribution >= 4 is 29.2 Å². The molecule has 1 fully saturated rings. The zero-order chi connectivity index (χ0) is 13.6. The van der Waals surface area contributed by atoms with E-state index in [4.69, 9.17) is 28.3 Å². The van der Waals surface area contributed by atoms with Gasteiger partial charge in [0.1, 0.15) is 0 Å². The highest BCUT2D eigenvalue weighted by Gasteiger charge is 2.47. The Morgan fingerprint density at radius 3 is 2.79 bits per heavy atom. The summed E-state index contributed by atoms with van der Waals surface area (Å²) in [6, 6.07) is 5.01. The number of nitrogens with zero attached hydrogens (tertiary/aromatic N) is 4.